The molecule has 0 heterocycles. The van der Waals surface area contributed by atoms with Crippen LogP contribution in [-0.4, -0.2) is 5.78 Å². The van der Waals surface area contributed by atoms with Crippen molar-refractivity contribution in [1.82, 2.24) is 0 Å². The van der Waals surface area contributed by atoms with Crippen molar-refractivity contribution in [3.05, 3.63) is 102 Å². The lowest BCUT2D eigenvalue weighted by Gasteiger charge is -2.20. The van der Waals surface area contributed by atoms with Crippen molar-refractivity contribution in [2.45, 2.75) is 12.5 Å². The predicted octanol–water partition coefficient (Wildman–Crippen LogP) is 5.25. The summed E-state index contributed by atoms with van der Waals surface area (Å²) in [6.07, 6.45) is 0.296. The highest BCUT2D eigenvalue weighted by Gasteiger charge is 2.17. The molecule has 0 spiro atoms. The van der Waals surface area contributed by atoms with E-state index in [0.29, 0.717) is 17.7 Å². The van der Waals surface area contributed by atoms with E-state index in [2.05, 4.69) is 5.32 Å². The van der Waals surface area contributed by atoms with Gasteiger partial charge in [-0.1, -0.05) is 66.7 Å². The number of Topliss-reactive ketones (excluding diaryl/α,β-unsaturated/α-hetero) is 1. The fraction of sp³-hybridized carbons (Fsp3) is 0.0952. The van der Waals surface area contributed by atoms with Gasteiger partial charge in [0.2, 0.25) is 0 Å². The predicted molar refractivity (Wildman–Crippen MR) is 94.6 cm³/mol. The smallest absolute Gasteiger partial charge is 0.165 e. The van der Waals surface area contributed by atoms with Gasteiger partial charge in [-0.3, -0.25) is 4.79 Å². The maximum absolute atomic E-state index is 13.4. The molecule has 120 valence electrons. The van der Waals surface area contributed by atoms with Crippen LogP contribution in [0.15, 0.2) is 84.9 Å². The van der Waals surface area contributed by atoms with Crippen molar-refractivity contribution in [3.63, 3.8) is 0 Å². The first kappa shape index (κ1) is 15.9. The minimum atomic E-state index is -0.304. The van der Waals surface area contributed by atoms with Gasteiger partial charge >= 0.3 is 0 Å². The van der Waals surface area contributed by atoms with Crippen molar-refractivity contribution >= 4 is 11.5 Å². The molecule has 0 aliphatic rings. The Hall–Kier alpha value is -2.94. The molecule has 0 saturated carbocycles. The summed E-state index contributed by atoms with van der Waals surface area (Å²) in [7, 11) is 0. The summed E-state index contributed by atoms with van der Waals surface area (Å²) in [4.78, 5) is 12.6. The number of carbonyl (C=O) groups is 1. The summed E-state index contributed by atoms with van der Waals surface area (Å²) in [6, 6.07) is 25.0. The first-order valence-electron chi connectivity index (χ1n) is 7.87. The van der Waals surface area contributed by atoms with E-state index >= 15 is 0 Å². The molecule has 1 atom stereocenters. The first-order valence-corrected chi connectivity index (χ1v) is 7.87. The Morgan fingerprint density at radius 2 is 1.54 bits per heavy atom. The fourth-order valence-corrected chi connectivity index (χ4v) is 2.64. The molecular weight excluding hydrogens is 301 g/mol. The van der Waals surface area contributed by atoms with Crippen molar-refractivity contribution in [1.29, 1.82) is 0 Å². The third kappa shape index (κ3) is 4.07. The van der Waals surface area contributed by atoms with E-state index in [1.807, 2.05) is 60.7 Å². The molecule has 2 nitrogen and oxygen atoms in total. The Kier molecular flexibility index (Phi) is 5.02. The van der Waals surface area contributed by atoms with Gasteiger partial charge in [0, 0.05) is 17.7 Å². The third-order valence-corrected chi connectivity index (χ3v) is 3.85. The summed E-state index contributed by atoms with van der Waals surface area (Å²) >= 11 is 0. The largest absolute Gasteiger partial charge is 0.378 e. The monoisotopic (exact) mass is 319 g/mol. The van der Waals surface area contributed by atoms with Crippen molar-refractivity contribution in [2.24, 2.45) is 0 Å². The van der Waals surface area contributed by atoms with Gasteiger partial charge in [-0.2, -0.15) is 0 Å². The number of hydrogen-bond donors (Lipinski definition) is 1. The first-order chi connectivity index (χ1) is 11.7. The molecule has 3 heteroatoms. The Balaban J connectivity index is 1.84. The minimum Gasteiger partial charge on any atom is -0.378 e. The maximum atomic E-state index is 13.4. The van der Waals surface area contributed by atoms with Crippen LogP contribution in [0.1, 0.15) is 28.4 Å². The van der Waals surface area contributed by atoms with Gasteiger partial charge in [-0.25, -0.2) is 4.39 Å². The molecule has 1 N–H and O–H groups in total. The number of carbonyl (C=O) groups excluding carboxylic acids is 1. The molecule has 0 unspecified atom stereocenters. The molecule has 0 aromatic heterocycles. The third-order valence-electron chi connectivity index (χ3n) is 3.85. The van der Waals surface area contributed by atoms with Gasteiger partial charge in [-0.15, -0.1) is 0 Å². The molecule has 0 bridgehead atoms. The molecule has 24 heavy (non-hydrogen) atoms. The van der Waals surface area contributed by atoms with E-state index in [4.69, 9.17) is 0 Å². The van der Waals surface area contributed by atoms with Gasteiger partial charge in [0.15, 0.2) is 5.78 Å². The lowest BCUT2D eigenvalue weighted by atomic mass is 9.97. The average molecular weight is 319 g/mol. The van der Waals surface area contributed by atoms with E-state index in [-0.39, 0.29) is 17.6 Å². The van der Waals surface area contributed by atoms with E-state index in [0.717, 1.165) is 5.56 Å². The van der Waals surface area contributed by atoms with Crippen LogP contribution in [0.4, 0.5) is 10.1 Å². The zero-order chi connectivity index (χ0) is 16.8. The molecule has 0 amide bonds. The summed E-state index contributed by atoms with van der Waals surface area (Å²) in [5, 5.41) is 3.28. The number of nitrogens with one attached hydrogen (secondary N) is 1. The van der Waals surface area contributed by atoms with Gasteiger partial charge < -0.3 is 5.32 Å². The normalized spacial score (nSPS) is 11.7. The van der Waals surface area contributed by atoms with E-state index < -0.39 is 0 Å². The second kappa shape index (κ2) is 7.55. The number of hydrogen-bond acceptors (Lipinski definition) is 2. The SMILES string of the molecule is O=C(C[C@@H](Nc1cccc(F)c1)c1ccccc1)c1ccccc1. The van der Waals surface area contributed by atoms with E-state index in [1.54, 1.807) is 12.1 Å². The summed E-state index contributed by atoms with van der Waals surface area (Å²) in [5.74, 6) is -0.255. The van der Waals surface area contributed by atoms with Crippen LogP contribution in [-0.2, 0) is 0 Å². The summed E-state index contributed by atoms with van der Waals surface area (Å²) in [5.41, 5.74) is 2.33. The Bertz CT molecular complexity index is 802. The summed E-state index contributed by atoms with van der Waals surface area (Å²) in [6.45, 7) is 0. The van der Waals surface area contributed by atoms with Gasteiger partial charge in [-0.05, 0) is 23.8 Å². The number of anilines is 1. The molecule has 3 rings (SSSR count). The molecule has 3 aromatic carbocycles. The lowest BCUT2D eigenvalue weighted by molar-refractivity contribution is 0.0976. The quantitative estimate of drug-likeness (QED) is 0.629. The van der Waals surface area contributed by atoms with Crippen molar-refractivity contribution in [2.75, 3.05) is 5.32 Å². The van der Waals surface area contributed by atoms with Gasteiger partial charge in [0.1, 0.15) is 5.82 Å². The summed E-state index contributed by atoms with van der Waals surface area (Å²) < 4.78 is 13.4. The number of benzene rings is 3. The highest BCUT2D eigenvalue weighted by molar-refractivity contribution is 5.96. The molecule has 3 aromatic rings. The molecule has 0 aliphatic heterocycles. The maximum Gasteiger partial charge on any atom is 0.165 e. The fourth-order valence-electron chi connectivity index (χ4n) is 2.64. The van der Waals surface area contributed by atoms with Crippen molar-refractivity contribution in [3.8, 4) is 0 Å². The van der Waals surface area contributed by atoms with Crippen LogP contribution < -0.4 is 5.32 Å². The van der Waals surface area contributed by atoms with E-state index in [1.165, 1.54) is 12.1 Å². The van der Waals surface area contributed by atoms with Crippen LogP contribution in [0.5, 0.6) is 0 Å². The Morgan fingerprint density at radius 3 is 2.21 bits per heavy atom. The Labute approximate surface area is 141 Å². The second-order valence-corrected chi connectivity index (χ2v) is 5.61. The minimum absolute atomic E-state index is 0.0494. The van der Waals surface area contributed by atoms with Crippen LogP contribution in [0, 0.1) is 5.82 Å². The zero-order valence-corrected chi connectivity index (χ0v) is 13.2. The standard InChI is InChI=1S/C21H18FNO/c22-18-12-7-13-19(14-18)23-20(16-8-3-1-4-9-16)15-21(24)17-10-5-2-6-11-17/h1-14,20,23H,15H2/t20-/m1/s1. The van der Waals surface area contributed by atoms with E-state index in [9.17, 15) is 9.18 Å². The molecule has 0 radical (unpaired) electrons. The van der Waals surface area contributed by atoms with Crippen LogP contribution in [0.2, 0.25) is 0 Å². The van der Waals surface area contributed by atoms with Crippen LogP contribution in [0.3, 0.4) is 0 Å². The number of ketones is 1. The molecule has 0 fully saturated rings. The molecular formula is C21H18FNO. The Morgan fingerprint density at radius 1 is 0.875 bits per heavy atom. The number of halogens is 1. The van der Waals surface area contributed by atoms with Crippen molar-refractivity contribution < 1.29 is 9.18 Å². The second-order valence-electron chi connectivity index (χ2n) is 5.61. The highest BCUT2D eigenvalue weighted by Crippen LogP contribution is 2.24. The zero-order valence-electron chi connectivity index (χ0n) is 13.2. The highest BCUT2D eigenvalue weighted by atomic mass is 19.1. The molecule has 0 aliphatic carbocycles. The lowest BCUT2D eigenvalue weighted by Crippen LogP contribution is -2.16. The van der Waals surface area contributed by atoms with Gasteiger partial charge in [0.05, 0.1) is 6.04 Å². The number of rotatable bonds is 6. The molecule has 0 saturated heterocycles. The van der Waals surface area contributed by atoms with Crippen LogP contribution >= 0.6 is 0 Å². The average Bonchev–Trinajstić information content (AvgIpc) is 2.63. The topological polar surface area (TPSA) is 29.1 Å². The van der Waals surface area contributed by atoms with Gasteiger partial charge in [0.25, 0.3) is 0 Å². The van der Waals surface area contributed by atoms with Crippen LogP contribution in [0.25, 0.3) is 0 Å².